The number of rotatable bonds is 1. The Labute approximate surface area is 86.1 Å². The summed E-state index contributed by atoms with van der Waals surface area (Å²) in [6.45, 7) is 1.68. The zero-order valence-electron chi connectivity index (χ0n) is 8.36. The van der Waals surface area contributed by atoms with Gasteiger partial charge in [0.25, 0.3) is 0 Å². The van der Waals surface area contributed by atoms with Gasteiger partial charge in [-0.1, -0.05) is 6.07 Å². The standard InChI is InChI=1S/C11H12F3N/c1-7-6-8(11(12,13)14)2-3-9(7)10(15)4-5-10/h2-3,6H,4-5,15H2,1H3. The molecule has 0 saturated heterocycles. The van der Waals surface area contributed by atoms with Gasteiger partial charge in [0, 0.05) is 5.54 Å². The van der Waals surface area contributed by atoms with E-state index in [0.29, 0.717) is 5.56 Å². The van der Waals surface area contributed by atoms with Crippen LogP contribution < -0.4 is 5.73 Å². The number of nitrogens with two attached hydrogens (primary N) is 1. The minimum absolute atomic E-state index is 0.367. The fourth-order valence-electron chi connectivity index (χ4n) is 1.80. The SMILES string of the molecule is Cc1cc(C(F)(F)F)ccc1C1(N)CC1. The van der Waals surface area contributed by atoms with Gasteiger partial charge in [-0.15, -0.1) is 0 Å². The number of halogens is 3. The summed E-state index contributed by atoms with van der Waals surface area (Å²) in [6, 6.07) is 3.78. The maximum Gasteiger partial charge on any atom is 0.416 e. The lowest BCUT2D eigenvalue weighted by atomic mass is 9.97. The van der Waals surface area contributed by atoms with Crippen LogP contribution >= 0.6 is 0 Å². The minimum Gasteiger partial charge on any atom is -0.321 e. The monoisotopic (exact) mass is 215 g/mol. The summed E-state index contributed by atoms with van der Waals surface area (Å²) in [6.07, 6.45) is -2.55. The van der Waals surface area contributed by atoms with Gasteiger partial charge in [0.1, 0.15) is 0 Å². The van der Waals surface area contributed by atoms with E-state index in [1.165, 1.54) is 12.1 Å². The highest BCUT2D eigenvalue weighted by Gasteiger charge is 2.41. The Hall–Kier alpha value is -1.03. The van der Waals surface area contributed by atoms with Crippen LogP contribution in [-0.4, -0.2) is 0 Å². The molecule has 1 aromatic carbocycles. The summed E-state index contributed by atoms with van der Waals surface area (Å²) in [5, 5.41) is 0. The first-order valence-electron chi connectivity index (χ1n) is 4.80. The van der Waals surface area contributed by atoms with Gasteiger partial charge in [-0.3, -0.25) is 0 Å². The normalized spacial score (nSPS) is 19.0. The largest absolute Gasteiger partial charge is 0.416 e. The van der Waals surface area contributed by atoms with Crippen LogP contribution in [0.5, 0.6) is 0 Å². The van der Waals surface area contributed by atoms with Crippen LogP contribution in [0, 0.1) is 6.92 Å². The van der Waals surface area contributed by atoms with Crippen molar-refractivity contribution in [3.05, 3.63) is 34.9 Å². The second kappa shape index (κ2) is 2.98. The van der Waals surface area contributed by atoms with Crippen molar-refractivity contribution in [2.24, 2.45) is 5.73 Å². The molecule has 0 atom stereocenters. The van der Waals surface area contributed by atoms with Crippen molar-refractivity contribution < 1.29 is 13.2 Å². The van der Waals surface area contributed by atoms with Crippen LogP contribution in [0.1, 0.15) is 29.5 Å². The van der Waals surface area contributed by atoms with E-state index < -0.39 is 11.7 Å². The summed E-state index contributed by atoms with van der Waals surface area (Å²) >= 11 is 0. The maximum atomic E-state index is 12.4. The van der Waals surface area contributed by atoms with Gasteiger partial charge >= 0.3 is 6.18 Å². The van der Waals surface area contributed by atoms with E-state index in [1.54, 1.807) is 6.92 Å². The molecule has 1 saturated carbocycles. The predicted octanol–water partition coefficient (Wildman–Crippen LogP) is 2.96. The molecule has 0 unspecified atom stereocenters. The van der Waals surface area contributed by atoms with Crippen molar-refractivity contribution in [3.63, 3.8) is 0 Å². The zero-order valence-corrected chi connectivity index (χ0v) is 8.36. The summed E-state index contributed by atoms with van der Waals surface area (Å²) < 4.78 is 37.1. The molecular formula is C11H12F3N. The molecular weight excluding hydrogens is 203 g/mol. The predicted molar refractivity (Wildman–Crippen MR) is 51.3 cm³/mol. The van der Waals surface area contributed by atoms with Gasteiger partial charge in [-0.05, 0) is 43.0 Å². The average Bonchev–Trinajstić information content (AvgIpc) is 2.82. The fourth-order valence-corrected chi connectivity index (χ4v) is 1.80. The third-order valence-electron chi connectivity index (χ3n) is 2.88. The van der Waals surface area contributed by atoms with Crippen molar-refractivity contribution >= 4 is 0 Å². The van der Waals surface area contributed by atoms with Crippen LogP contribution in [0.3, 0.4) is 0 Å². The molecule has 0 aliphatic heterocycles. The quantitative estimate of drug-likeness (QED) is 0.765. The van der Waals surface area contributed by atoms with Crippen molar-refractivity contribution in [3.8, 4) is 0 Å². The molecule has 1 fully saturated rings. The van der Waals surface area contributed by atoms with Gasteiger partial charge in [0.05, 0.1) is 5.56 Å². The third-order valence-corrected chi connectivity index (χ3v) is 2.88. The van der Waals surface area contributed by atoms with Crippen molar-refractivity contribution in [2.45, 2.75) is 31.5 Å². The Bertz CT molecular complexity index is 391. The summed E-state index contributed by atoms with van der Waals surface area (Å²) in [5.74, 6) is 0. The molecule has 4 heteroatoms. The molecule has 15 heavy (non-hydrogen) atoms. The van der Waals surface area contributed by atoms with E-state index in [2.05, 4.69) is 0 Å². The molecule has 0 spiro atoms. The highest BCUT2D eigenvalue weighted by atomic mass is 19.4. The number of hydrogen-bond acceptors (Lipinski definition) is 1. The molecule has 2 N–H and O–H groups in total. The molecule has 82 valence electrons. The fraction of sp³-hybridized carbons (Fsp3) is 0.455. The Balaban J connectivity index is 2.40. The molecule has 2 rings (SSSR count). The maximum absolute atomic E-state index is 12.4. The molecule has 0 bridgehead atoms. The average molecular weight is 215 g/mol. The van der Waals surface area contributed by atoms with Crippen molar-refractivity contribution in [1.82, 2.24) is 0 Å². The van der Waals surface area contributed by atoms with Crippen molar-refractivity contribution in [2.75, 3.05) is 0 Å². The lowest BCUT2D eigenvalue weighted by Gasteiger charge is -2.15. The van der Waals surface area contributed by atoms with E-state index in [9.17, 15) is 13.2 Å². The van der Waals surface area contributed by atoms with E-state index in [0.717, 1.165) is 24.5 Å². The first kappa shape index (κ1) is 10.5. The van der Waals surface area contributed by atoms with E-state index >= 15 is 0 Å². The first-order chi connectivity index (χ1) is 6.83. The van der Waals surface area contributed by atoms with E-state index in [-0.39, 0.29) is 5.54 Å². The Morgan fingerprint density at radius 1 is 1.27 bits per heavy atom. The molecule has 0 amide bonds. The molecule has 1 aliphatic rings. The van der Waals surface area contributed by atoms with E-state index in [4.69, 9.17) is 5.73 Å². The second-order valence-corrected chi connectivity index (χ2v) is 4.18. The van der Waals surface area contributed by atoms with Crippen LogP contribution in [0.25, 0.3) is 0 Å². The van der Waals surface area contributed by atoms with Gasteiger partial charge in [0.15, 0.2) is 0 Å². The zero-order chi connectivity index (χ0) is 11.3. The van der Waals surface area contributed by atoms with Crippen LogP contribution in [0.2, 0.25) is 0 Å². The Morgan fingerprint density at radius 2 is 1.87 bits per heavy atom. The Morgan fingerprint density at radius 3 is 2.27 bits per heavy atom. The minimum atomic E-state index is -4.27. The van der Waals surface area contributed by atoms with Gasteiger partial charge < -0.3 is 5.73 Å². The van der Waals surface area contributed by atoms with Crippen LogP contribution in [-0.2, 0) is 11.7 Å². The van der Waals surface area contributed by atoms with Gasteiger partial charge in [-0.25, -0.2) is 0 Å². The number of hydrogen-bond donors (Lipinski definition) is 1. The van der Waals surface area contributed by atoms with Crippen molar-refractivity contribution in [1.29, 1.82) is 0 Å². The lowest BCUT2D eigenvalue weighted by molar-refractivity contribution is -0.137. The molecule has 0 heterocycles. The highest BCUT2D eigenvalue weighted by molar-refractivity contribution is 5.39. The molecule has 1 aliphatic carbocycles. The number of aryl methyl sites for hydroxylation is 1. The smallest absolute Gasteiger partial charge is 0.321 e. The lowest BCUT2D eigenvalue weighted by Crippen LogP contribution is -2.20. The second-order valence-electron chi connectivity index (χ2n) is 4.18. The number of benzene rings is 1. The van der Waals surface area contributed by atoms with Gasteiger partial charge in [0.2, 0.25) is 0 Å². The summed E-state index contributed by atoms with van der Waals surface area (Å²) in [4.78, 5) is 0. The van der Waals surface area contributed by atoms with E-state index in [1.807, 2.05) is 0 Å². The topological polar surface area (TPSA) is 26.0 Å². The molecule has 0 aromatic heterocycles. The Kier molecular flexibility index (Phi) is 2.08. The van der Waals surface area contributed by atoms with Crippen LogP contribution in [0.15, 0.2) is 18.2 Å². The third kappa shape index (κ3) is 1.86. The first-order valence-corrected chi connectivity index (χ1v) is 4.80. The summed E-state index contributed by atoms with van der Waals surface area (Å²) in [5.41, 5.74) is 6.45. The molecule has 1 nitrogen and oxygen atoms in total. The highest BCUT2D eigenvalue weighted by Crippen LogP contribution is 2.44. The van der Waals surface area contributed by atoms with Gasteiger partial charge in [-0.2, -0.15) is 13.2 Å². The van der Waals surface area contributed by atoms with Crippen LogP contribution in [0.4, 0.5) is 13.2 Å². The molecule has 1 aromatic rings. The number of alkyl halides is 3. The molecule has 0 radical (unpaired) electrons. The summed E-state index contributed by atoms with van der Waals surface area (Å²) in [7, 11) is 0.